The molecule has 0 aliphatic carbocycles. The highest BCUT2D eigenvalue weighted by molar-refractivity contribution is 14.1. The van der Waals surface area contributed by atoms with Gasteiger partial charge in [0, 0.05) is 25.2 Å². The zero-order valence-corrected chi connectivity index (χ0v) is 9.28. The van der Waals surface area contributed by atoms with Crippen LogP contribution in [0.4, 0.5) is 0 Å². The van der Waals surface area contributed by atoms with E-state index in [9.17, 15) is 0 Å². The number of likely N-dealkylation sites (N-methyl/N-ethyl adjacent to an activating group) is 1. The normalized spacial score (nSPS) is 41.7. The molecule has 0 aromatic carbocycles. The summed E-state index contributed by atoms with van der Waals surface area (Å²) >= 11 is 2.52. The van der Waals surface area contributed by atoms with Gasteiger partial charge in [-0.25, -0.2) is 0 Å². The molecule has 0 N–H and O–H groups in total. The standard InChI is InChI=1S/C8H15IN2/c1-6(9)11-7-3-8(11)5-10(2)4-7/h6-8H,3-5H2,1-2H3/t6-,7?,8?/m0/s1. The maximum absolute atomic E-state index is 2.65. The summed E-state index contributed by atoms with van der Waals surface area (Å²) in [5.41, 5.74) is 0. The van der Waals surface area contributed by atoms with E-state index in [0.29, 0.717) is 0 Å². The average molecular weight is 266 g/mol. The van der Waals surface area contributed by atoms with Crippen molar-refractivity contribution in [1.82, 2.24) is 9.80 Å². The highest BCUT2D eigenvalue weighted by Gasteiger charge is 2.44. The van der Waals surface area contributed by atoms with E-state index < -0.39 is 0 Å². The zero-order valence-electron chi connectivity index (χ0n) is 7.13. The van der Waals surface area contributed by atoms with Crippen LogP contribution in [0, 0.1) is 0 Å². The first-order valence-corrected chi connectivity index (χ1v) is 5.53. The quantitative estimate of drug-likeness (QED) is 0.399. The van der Waals surface area contributed by atoms with Crippen molar-refractivity contribution in [1.29, 1.82) is 0 Å². The molecule has 3 atom stereocenters. The minimum atomic E-state index is 0.727. The van der Waals surface area contributed by atoms with Crippen LogP contribution in [-0.2, 0) is 0 Å². The Labute approximate surface area is 82.1 Å². The molecule has 0 aromatic heterocycles. The van der Waals surface area contributed by atoms with Crippen molar-refractivity contribution in [2.45, 2.75) is 29.5 Å². The third kappa shape index (κ3) is 1.31. The zero-order chi connectivity index (χ0) is 8.01. The van der Waals surface area contributed by atoms with E-state index in [4.69, 9.17) is 0 Å². The third-order valence-electron chi connectivity index (χ3n) is 2.84. The Morgan fingerprint density at radius 1 is 1.36 bits per heavy atom. The Morgan fingerprint density at radius 3 is 2.36 bits per heavy atom. The molecular weight excluding hydrogens is 251 g/mol. The van der Waals surface area contributed by atoms with Crippen LogP contribution in [0.15, 0.2) is 0 Å². The lowest BCUT2D eigenvalue weighted by Crippen LogP contribution is -2.69. The average Bonchev–Trinajstić information content (AvgIpc) is 1.84. The van der Waals surface area contributed by atoms with Crippen molar-refractivity contribution in [3.05, 3.63) is 0 Å². The van der Waals surface area contributed by atoms with E-state index in [0.717, 1.165) is 16.1 Å². The van der Waals surface area contributed by atoms with Crippen molar-refractivity contribution >= 4 is 22.6 Å². The summed E-state index contributed by atoms with van der Waals surface area (Å²) < 4.78 is 0.727. The van der Waals surface area contributed by atoms with E-state index >= 15 is 0 Å². The summed E-state index contributed by atoms with van der Waals surface area (Å²) in [7, 11) is 2.23. The van der Waals surface area contributed by atoms with Crippen molar-refractivity contribution in [3.63, 3.8) is 0 Å². The van der Waals surface area contributed by atoms with Crippen LogP contribution in [0.1, 0.15) is 13.3 Å². The Morgan fingerprint density at radius 2 is 1.91 bits per heavy atom. The molecule has 2 unspecified atom stereocenters. The molecule has 0 radical (unpaired) electrons. The molecule has 3 saturated heterocycles. The minimum absolute atomic E-state index is 0.727. The smallest absolute Gasteiger partial charge is 0.0596 e. The van der Waals surface area contributed by atoms with E-state index in [1.807, 2.05) is 0 Å². The van der Waals surface area contributed by atoms with Gasteiger partial charge < -0.3 is 4.90 Å². The van der Waals surface area contributed by atoms with Crippen LogP contribution in [-0.4, -0.2) is 46.1 Å². The summed E-state index contributed by atoms with van der Waals surface area (Å²) in [5, 5.41) is 0. The van der Waals surface area contributed by atoms with E-state index in [-0.39, 0.29) is 0 Å². The second kappa shape index (κ2) is 2.85. The predicted octanol–water partition coefficient (Wildman–Crippen LogP) is 1.16. The molecule has 2 nitrogen and oxygen atoms in total. The van der Waals surface area contributed by atoms with Gasteiger partial charge in [-0.2, -0.15) is 0 Å². The predicted molar refractivity (Wildman–Crippen MR) is 55.0 cm³/mol. The number of nitrogens with zero attached hydrogens (tertiary/aromatic N) is 2. The summed E-state index contributed by atoms with van der Waals surface area (Å²) in [4.78, 5) is 5.11. The maximum Gasteiger partial charge on any atom is 0.0596 e. The van der Waals surface area contributed by atoms with Crippen molar-refractivity contribution < 1.29 is 0 Å². The number of alkyl halides is 1. The fourth-order valence-electron chi connectivity index (χ4n) is 2.43. The fraction of sp³-hybridized carbons (Fsp3) is 1.00. The van der Waals surface area contributed by atoms with Gasteiger partial charge in [-0.1, -0.05) is 22.6 Å². The molecule has 3 fully saturated rings. The van der Waals surface area contributed by atoms with Gasteiger partial charge in [0.05, 0.1) is 4.05 Å². The molecular formula is C8H15IN2. The van der Waals surface area contributed by atoms with Gasteiger partial charge >= 0.3 is 0 Å². The molecule has 0 saturated carbocycles. The number of piperazine rings is 1. The van der Waals surface area contributed by atoms with Crippen molar-refractivity contribution in [3.8, 4) is 0 Å². The van der Waals surface area contributed by atoms with Crippen LogP contribution in [0.5, 0.6) is 0 Å². The number of rotatable bonds is 1. The van der Waals surface area contributed by atoms with Crippen molar-refractivity contribution in [2.75, 3.05) is 20.1 Å². The summed E-state index contributed by atoms with van der Waals surface area (Å²) in [6.45, 7) is 4.86. The monoisotopic (exact) mass is 266 g/mol. The van der Waals surface area contributed by atoms with E-state index in [2.05, 4.69) is 46.4 Å². The first-order chi connectivity index (χ1) is 5.18. The molecule has 0 amide bonds. The number of fused-ring (bicyclic) bond motifs is 2. The molecule has 3 aliphatic heterocycles. The molecule has 3 rings (SSSR count). The topological polar surface area (TPSA) is 6.48 Å². The molecule has 64 valence electrons. The number of piperidine rings is 1. The van der Waals surface area contributed by atoms with E-state index in [1.54, 1.807) is 0 Å². The Bertz CT molecular complexity index is 148. The second-order valence-corrected chi connectivity index (χ2v) is 5.59. The first kappa shape index (κ1) is 8.26. The molecule has 11 heavy (non-hydrogen) atoms. The number of hydrogen-bond donors (Lipinski definition) is 0. The molecule has 0 spiro atoms. The van der Waals surface area contributed by atoms with Gasteiger partial charge in [0.1, 0.15) is 0 Å². The van der Waals surface area contributed by atoms with Gasteiger partial charge in [0.2, 0.25) is 0 Å². The Hall–Kier alpha value is 0.650. The van der Waals surface area contributed by atoms with Crippen molar-refractivity contribution in [2.24, 2.45) is 0 Å². The second-order valence-electron chi connectivity index (χ2n) is 3.79. The van der Waals surface area contributed by atoms with Crippen LogP contribution in [0.2, 0.25) is 0 Å². The van der Waals surface area contributed by atoms with Gasteiger partial charge in [-0.15, -0.1) is 0 Å². The lowest BCUT2D eigenvalue weighted by atomic mass is 9.88. The van der Waals surface area contributed by atoms with Gasteiger partial charge in [-0.3, -0.25) is 4.90 Å². The first-order valence-electron chi connectivity index (χ1n) is 4.28. The molecule has 0 aromatic rings. The van der Waals surface area contributed by atoms with Gasteiger partial charge in [0.25, 0.3) is 0 Å². The molecule has 3 heterocycles. The maximum atomic E-state index is 2.65. The third-order valence-corrected chi connectivity index (χ3v) is 3.49. The van der Waals surface area contributed by atoms with Crippen LogP contribution < -0.4 is 0 Å². The van der Waals surface area contributed by atoms with E-state index in [1.165, 1.54) is 19.5 Å². The van der Waals surface area contributed by atoms with Gasteiger partial charge in [0.15, 0.2) is 0 Å². The van der Waals surface area contributed by atoms with Gasteiger partial charge in [-0.05, 0) is 20.4 Å². The highest BCUT2D eigenvalue weighted by atomic mass is 127. The molecule has 2 bridgehead atoms. The lowest BCUT2D eigenvalue weighted by Gasteiger charge is -2.57. The van der Waals surface area contributed by atoms with Crippen LogP contribution in [0.25, 0.3) is 0 Å². The minimum Gasteiger partial charge on any atom is -0.303 e. The Balaban J connectivity index is 1.98. The summed E-state index contributed by atoms with van der Waals surface area (Å²) in [6.07, 6.45) is 1.44. The molecule has 3 aliphatic rings. The summed E-state index contributed by atoms with van der Waals surface area (Å²) in [5.74, 6) is 0. The fourth-order valence-corrected chi connectivity index (χ4v) is 3.34. The van der Waals surface area contributed by atoms with Crippen LogP contribution >= 0.6 is 22.6 Å². The Kier molecular flexibility index (Phi) is 2.14. The molecule has 3 heteroatoms. The SMILES string of the molecule is C[C@@H](I)N1C2CC1CN(C)C2. The number of halogens is 1. The highest BCUT2D eigenvalue weighted by Crippen LogP contribution is 2.34. The summed E-state index contributed by atoms with van der Waals surface area (Å²) in [6, 6.07) is 1.73. The largest absolute Gasteiger partial charge is 0.303 e. The lowest BCUT2D eigenvalue weighted by molar-refractivity contribution is -0.0613. The number of hydrogen-bond acceptors (Lipinski definition) is 2. The van der Waals surface area contributed by atoms with Crippen LogP contribution in [0.3, 0.4) is 0 Å².